The molecule has 1 heterocycles. The van der Waals surface area contributed by atoms with Crippen molar-refractivity contribution in [3.05, 3.63) is 30.1 Å². The van der Waals surface area contributed by atoms with Gasteiger partial charge in [-0.25, -0.2) is 0 Å². The Morgan fingerprint density at radius 3 is 2.40 bits per heavy atom. The molecule has 1 saturated carbocycles. The highest BCUT2D eigenvalue weighted by Crippen LogP contribution is 2.28. The first-order chi connectivity index (χ1) is 8.62. The molecule has 0 atom stereocenters. The maximum Gasteiger partial charge on any atom is 0.242 e. The van der Waals surface area contributed by atoms with Crippen molar-refractivity contribution in [3.8, 4) is 0 Å². The van der Waals surface area contributed by atoms with E-state index >= 15 is 0 Å². The number of hydrogen-bond donors (Lipinski definition) is 1. The van der Waals surface area contributed by atoms with E-state index in [1.165, 1.54) is 5.56 Å². The van der Waals surface area contributed by atoms with Crippen LogP contribution in [0.1, 0.15) is 31.2 Å². The van der Waals surface area contributed by atoms with Crippen molar-refractivity contribution in [2.75, 3.05) is 13.6 Å². The van der Waals surface area contributed by atoms with Gasteiger partial charge in [0, 0.05) is 26.0 Å². The lowest BCUT2D eigenvalue weighted by molar-refractivity contribution is -0.135. The van der Waals surface area contributed by atoms with Gasteiger partial charge < -0.3 is 10.6 Å². The zero-order chi connectivity index (χ0) is 13.0. The van der Waals surface area contributed by atoms with Gasteiger partial charge in [-0.1, -0.05) is 12.8 Å². The van der Waals surface area contributed by atoms with E-state index in [4.69, 9.17) is 5.73 Å². The van der Waals surface area contributed by atoms with Crippen molar-refractivity contribution in [2.45, 2.75) is 37.6 Å². The number of pyridine rings is 1. The van der Waals surface area contributed by atoms with Gasteiger partial charge in [-0.3, -0.25) is 9.78 Å². The lowest BCUT2D eigenvalue weighted by Gasteiger charge is -2.28. The van der Waals surface area contributed by atoms with E-state index in [1.54, 1.807) is 17.3 Å². The average Bonchev–Trinajstić information content (AvgIpc) is 2.84. The third kappa shape index (κ3) is 4.62. The van der Waals surface area contributed by atoms with Gasteiger partial charge in [0.1, 0.15) is 0 Å². The normalized spacial score (nSPS) is 15.9. The topological polar surface area (TPSA) is 59.2 Å². The molecule has 0 aromatic carbocycles. The molecular formula is C14H23Cl2N3O. The Bertz CT molecular complexity index is 408. The van der Waals surface area contributed by atoms with Gasteiger partial charge in [-0.05, 0) is 37.0 Å². The van der Waals surface area contributed by atoms with Crippen LogP contribution in [0.2, 0.25) is 0 Å². The first-order valence-electron chi connectivity index (χ1n) is 6.55. The number of carbonyl (C=O) groups excluding carboxylic acids is 1. The predicted octanol–water partition coefficient (Wildman–Crippen LogP) is 2.20. The Kier molecular flexibility index (Phi) is 8.09. The standard InChI is InChI=1S/C14H21N3O.2ClH/c1-17(11-6-12-4-9-16-10-5-12)13(18)14(15)7-2-3-8-14;;/h4-5,9-10H,2-3,6-8,11,15H2,1H3;2*1H. The summed E-state index contributed by atoms with van der Waals surface area (Å²) in [6.07, 6.45) is 8.19. The number of nitrogens with two attached hydrogens (primary N) is 1. The van der Waals surface area contributed by atoms with E-state index in [1.807, 2.05) is 19.2 Å². The summed E-state index contributed by atoms with van der Waals surface area (Å²) in [6.45, 7) is 0.710. The van der Waals surface area contributed by atoms with Crippen LogP contribution in [-0.4, -0.2) is 34.9 Å². The lowest BCUT2D eigenvalue weighted by atomic mass is 9.97. The smallest absolute Gasteiger partial charge is 0.242 e. The molecule has 1 amide bonds. The average molecular weight is 320 g/mol. The van der Waals surface area contributed by atoms with Crippen molar-refractivity contribution < 1.29 is 4.79 Å². The van der Waals surface area contributed by atoms with Crippen LogP contribution in [-0.2, 0) is 11.2 Å². The van der Waals surface area contributed by atoms with E-state index in [2.05, 4.69) is 4.98 Å². The summed E-state index contributed by atoms with van der Waals surface area (Å²) in [5, 5.41) is 0. The Balaban J connectivity index is 0.00000180. The molecular weight excluding hydrogens is 297 g/mol. The molecule has 20 heavy (non-hydrogen) atoms. The lowest BCUT2D eigenvalue weighted by Crippen LogP contribution is -2.52. The second-order valence-corrected chi connectivity index (χ2v) is 5.20. The molecule has 1 fully saturated rings. The molecule has 1 aliphatic rings. The van der Waals surface area contributed by atoms with Crippen LogP contribution in [0.3, 0.4) is 0 Å². The number of nitrogens with zero attached hydrogens (tertiary/aromatic N) is 2. The molecule has 1 aromatic rings. The van der Waals surface area contributed by atoms with Crippen LogP contribution in [0.15, 0.2) is 24.5 Å². The second kappa shape index (κ2) is 8.45. The van der Waals surface area contributed by atoms with Gasteiger partial charge in [0.15, 0.2) is 0 Å². The Hall–Kier alpha value is -0.840. The quantitative estimate of drug-likeness (QED) is 0.925. The van der Waals surface area contributed by atoms with Crippen molar-refractivity contribution in [1.29, 1.82) is 0 Å². The van der Waals surface area contributed by atoms with Gasteiger partial charge in [0.2, 0.25) is 5.91 Å². The maximum absolute atomic E-state index is 12.3. The number of hydrogen-bond acceptors (Lipinski definition) is 3. The molecule has 1 aromatic heterocycles. The summed E-state index contributed by atoms with van der Waals surface area (Å²) in [7, 11) is 1.84. The molecule has 4 nitrogen and oxygen atoms in total. The SMILES string of the molecule is CN(CCc1ccncc1)C(=O)C1(N)CCCC1.Cl.Cl. The van der Waals surface area contributed by atoms with Crippen molar-refractivity contribution in [2.24, 2.45) is 5.73 Å². The third-order valence-electron chi connectivity index (χ3n) is 3.75. The fraction of sp³-hybridized carbons (Fsp3) is 0.571. The largest absolute Gasteiger partial charge is 0.344 e. The van der Waals surface area contributed by atoms with E-state index < -0.39 is 5.54 Å². The molecule has 0 unspecified atom stereocenters. The molecule has 2 rings (SSSR count). The van der Waals surface area contributed by atoms with E-state index in [9.17, 15) is 4.79 Å². The minimum Gasteiger partial charge on any atom is -0.344 e. The second-order valence-electron chi connectivity index (χ2n) is 5.20. The minimum absolute atomic E-state index is 0. The highest BCUT2D eigenvalue weighted by atomic mass is 35.5. The van der Waals surface area contributed by atoms with Crippen LogP contribution in [0.5, 0.6) is 0 Å². The number of amides is 1. The van der Waals surface area contributed by atoms with Gasteiger partial charge in [-0.15, -0.1) is 24.8 Å². The highest BCUT2D eigenvalue weighted by Gasteiger charge is 2.38. The van der Waals surface area contributed by atoms with Crippen LogP contribution >= 0.6 is 24.8 Å². The molecule has 2 N–H and O–H groups in total. The summed E-state index contributed by atoms with van der Waals surface area (Å²) in [5.74, 6) is 0.0917. The summed E-state index contributed by atoms with van der Waals surface area (Å²) in [5.41, 5.74) is 6.76. The predicted molar refractivity (Wildman–Crippen MR) is 85.5 cm³/mol. The molecule has 6 heteroatoms. The summed E-state index contributed by atoms with van der Waals surface area (Å²) in [4.78, 5) is 18.0. The Morgan fingerprint density at radius 2 is 1.85 bits per heavy atom. The van der Waals surface area contributed by atoms with Crippen LogP contribution in [0, 0.1) is 0 Å². The summed E-state index contributed by atoms with van der Waals surface area (Å²) < 4.78 is 0. The van der Waals surface area contributed by atoms with Crippen molar-refractivity contribution in [1.82, 2.24) is 9.88 Å². The number of likely N-dealkylation sites (N-methyl/N-ethyl adjacent to an activating group) is 1. The van der Waals surface area contributed by atoms with Crippen molar-refractivity contribution >= 4 is 30.7 Å². The summed E-state index contributed by atoms with van der Waals surface area (Å²) in [6, 6.07) is 3.96. The first-order valence-corrected chi connectivity index (χ1v) is 6.55. The number of carbonyl (C=O) groups is 1. The first kappa shape index (κ1) is 19.2. The highest BCUT2D eigenvalue weighted by molar-refractivity contribution is 5.86. The van der Waals surface area contributed by atoms with Crippen LogP contribution < -0.4 is 5.73 Å². The molecule has 0 saturated heterocycles. The number of halogens is 2. The third-order valence-corrected chi connectivity index (χ3v) is 3.75. The van der Waals surface area contributed by atoms with Crippen LogP contribution in [0.25, 0.3) is 0 Å². The molecule has 0 spiro atoms. The monoisotopic (exact) mass is 319 g/mol. The van der Waals surface area contributed by atoms with Crippen molar-refractivity contribution in [3.63, 3.8) is 0 Å². The van der Waals surface area contributed by atoms with Gasteiger partial charge in [0.25, 0.3) is 0 Å². The molecule has 0 bridgehead atoms. The van der Waals surface area contributed by atoms with Gasteiger partial charge >= 0.3 is 0 Å². The molecule has 0 aliphatic heterocycles. The fourth-order valence-electron chi connectivity index (χ4n) is 2.55. The number of aromatic nitrogens is 1. The molecule has 1 aliphatic carbocycles. The molecule has 0 radical (unpaired) electrons. The fourth-order valence-corrected chi connectivity index (χ4v) is 2.55. The number of rotatable bonds is 4. The van der Waals surface area contributed by atoms with Crippen LogP contribution in [0.4, 0.5) is 0 Å². The van der Waals surface area contributed by atoms with Gasteiger partial charge in [-0.2, -0.15) is 0 Å². The van der Waals surface area contributed by atoms with E-state index in [0.717, 1.165) is 32.1 Å². The minimum atomic E-state index is -0.604. The Labute approximate surface area is 132 Å². The van der Waals surface area contributed by atoms with E-state index in [0.29, 0.717) is 6.54 Å². The molecule has 114 valence electrons. The zero-order valence-corrected chi connectivity index (χ0v) is 13.4. The summed E-state index contributed by atoms with van der Waals surface area (Å²) >= 11 is 0. The van der Waals surface area contributed by atoms with Gasteiger partial charge in [0.05, 0.1) is 5.54 Å². The Morgan fingerprint density at radius 1 is 1.30 bits per heavy atom. The zero-order valence-electron chi connectivity index (χ0n) is 11.7. The van der Waals surface area contributed by atoms with E-state index in [-0.39, 0.29) is 30.7 Å². The maximum atomic E-state index is 12.3.